The summed E-state index contributed by atoms with van der Waals surface area (Å²) >= 11 is 3.51. The summed E-state index contributed by atoms with van der Waals surface area (Å²) in [7, 11) is 1.97. The smallest absolute Gasteiger partial charge is 0.0654 e. The molecular weight excluding hydrogens is 290 g/mol. The highest BCUT2D eigenvalue weighted by Crippen LogP contribution is 2.25. The molecule has 0 bridgehead atoms. The summed E-state index contributed by atoms with van der Waals surface area (Å²) in [5.41, 5.74) is 3.69. The normalized spacial score (nSPS) is 12.4. The van der Waals surface area contributed by atoms with Gasteiger partial charge in [-0.05, 0) is 43.2 Å². The molecule has 0 radical (unpaired) electrons. The van der Waals surface area contributed by atoms with E-state index in [1.54, 1.807) is 0 Å². The van der Waals surface area contributed by atoms with Gasteiger partial charge in [0.25, 0.3) is 0 Å². The van der Waals surface area contributed by atoms with E-state index in [0.29, 0.717) is 0 Å². The number of benzene rings is 1. The Bertz CT molecular complexity index is 534. The highest BCUT2D eigenvalue weighted by atomic mass is 79.9. The zero-order valence-corrected chi connectivity index (χ0v) is 12.5. The maximum absolute atomic E-state index is 4.21. The van der Waals surface area contributed by atoms with Crippen molar-refractivity contribution in [1.29, 1.82) is 0 Å². The average Bonchev–Trinajstić information content (AvgIpc) is 2.77. The van der Waals surface area contributed by atoms with Crippen LogP contribution in [0.3, 0.4) is 0 Å². The van der Waals surface area contributed by atoms with Crippen molar-refractivity contribution in [3.63, 3.8) is 0 Å². The van der Waals surface area contributed by atoms with E-state index in [1.165, 1.54) is 16.9 Å². The van der Waals surface area contributed by atoms with Crippen LogP contribution in [0.15, 0.2) is 34.9 Å². The van der Waals surface area contributed by atoms with Crippen LogP contribution in [0.1, 0.15) is 31.1 Å². The third-order valence-corrected chi connectivity index (χ3v) is 3.62. The van der Waals surface area contributed by atoms with Gasteiger partial charge in [-0.3, -0.25) is 4.68 Å². The Morgan fingerprint density at radius 3 is 2.78 bits per heavy atom. The summed E-state index contributed by atoms with van der Waals surface area (Å²) in [6.07, 6.45) is 2.84. The molecule has 2 rings (SSSR count). The molecule has 4 heteroatoms. The highest BCUT2D eigenvalue weighted by molar-refractivity contribution is 9.10. The maximum atomic E-state index is 4.21. The molecule has 0 aliphatic heterocycles. The molecule has 0 aliphatic rings. The number of nitrogens with one attached hydrogen (secondary N) is 1. The van der Waals surface area contributed by atoms with Crippen LogP contribution in [-0.4, -0.2) is 9.78 Å². The Labute approximate surface area is 116 Å². The Balaban J connectivity index is 2.21. The predicted octanol–water partition coefficient (Wildman–Crippen LogP) is 3.92. The average molecular weight is 308 g/mol. The molecule has 1 aromatic carbocycles. The number of aromatic nitrogens is 2. The summed E-state index contributed by atoms with van der Waals surface area (Å²) in [5, 5.41) is 7.76. The zero-order chi connectivity index (χ0) is 13.1. The highest BCUT2D eigenvalue weighted by Gasteiger charge is 2.10. The van der Waals surface area contributed by atoms with Gasteiger partial charge in [0.1, 0.15) is 0 Å². The van der Waals surface area contributed by atoms with E-state index in [-0.39, 0.29) is 6.04 Å². The topological polar surface area (TPSA) is 29.9 Å². The fourth-order valence-corrected chi connectivity index (χ4v) is 2.52. The second kappa shape index (κ2) is 5.57. The Morgan fingerprint density at radius 2 is 2.17 bits per heavy atom. The molecule has 0 saturated heterocycles. The number of hydrogen-bond acceptors (Lipinski definition) is 2. The minimum absolute atomic E-state index is 0.240. The molecule has 0 aliphatic carbocycles. The van der Waals surface area contributed by atoms with Crippen molar-refractivity contribution in [3.05, 3.63) is 46.2 Å². The van der Waals surface area contributed by atoms with Crippen molar-refractivity contribution < 1.29 is 0 Å². The third-order valence-electron chi connectivity index (χ3n) is 3.12. The third kappa shape index (κ3) is 2.75. The van der Waals surface area contributed by atoms with Crippen LogP contribution in [0.2, 0.25) is 0 Å². The van der Waals surface area contributed by atoms with Crippen LogP contribution < -0.4 is 5.32 Å². The lowest BCUT2D eigenvalue weighted by Gasteiger charge is -2.18. The summed E-state index contributed by atoms with van der Waals surface area (Å²) in [4.78, 5) is 0. The van der Waals surface area contributed by atoms with Gasteiger partial charge in [-0.2, -0.15) is 5.10 Å². The summed E-state index contributed by atoms with van der Waals surface area (Å²) in [6.45, 7) is 4.32. The van der Waals surface area contributed by atoms with Crippen LogP contribution in [0.25, 0.3) is 0 Å². The minimum Gasteiger partial charge on any atom is -0.377 e. The summed E-state index contributed by atoms with van der Waals surface area (Å²) in [5.74, 6) is 0. The number of aryl methyl sites for hydroxylation is 2. The predicted molar refractivity (Wildman–Crippen MR) is 78.8 cm³/mol. The lowest BCUT2D eigenvalue weighted by molar-refractivity contribution is 0.675. The number of nitrogens with zero attached hydrogens (tertiary/aromatic N) is 2. The first-order valence-corrected chi connectivity index (χ1v) is 6.94. The van der Waals surface area contributed by atoms with Crippen LogP contribution in [0.5, 0.6) is 0 Å². The van der Waals surface area contributed by atoms with Crippen molar-refractivity contribution in [2.75, 3.05) is 5.32 Å². The quantitative estimate of drug-likeness (QED) is 0.928. The van der Waals surface area contributed by atoms with Gasteiger partial charge in [-0.25, -0.2) is 0 Å². The molecule has 1 heterocycles. The molecule has 96 valence electrons. The molecule has 0 amide bonds. The van der Waals surface area contributed by atoms with Crippen molar-refractivity contribution in [2.45, 2.75) is 26.3 Å². The summed E-state index contributed by atoms with van der Waals surface area (Å²) < 4.78 is 3.03. The fraction of sp³-hybridized carbons (Fsp3) is 0.357. The first-order chi connectivity index (χ1) is 8.61. The van der Waals surface area contributed by atoms with E-state index < -0.39 is 0 Å². The van der Waals surface area contributed by atoms with Gasteiger partial charge in [0.15, 0.2) is 0 Å². The Hall–Kier alpha value is -1.29. The van der Waals surface area contributed by atoms with Crippen LogP contribution in [-0.2, 0) is 13.5 Å². The largest absolute Gasteiger partial charge is 0.377 e. The van der Waals surface area contributed by atoms with Crippen LogP contribution >= 0.6 is 15.9 Å². The van der Waals surface area contributed by atoms with Gasteiger partial charge in [0.2, 0.25) is 0 Å². The van der Waals surface area contributed by atoms with Gasteiger partial charge >= 0.3 is 0 Å². The lowest BCUT2D eigenvalue weighted by atomic mass is 10.1. The molecule has 0 spiro atoms. The zero-order valence-electron chi connectivity index (χ0n) is 10.9. The van der Waals surface area contributed by atoms with E-state index in [9.17, 15) is 0 Å². The van der Waals surface area contributed by atoms with E-state index in [1.807, 2.05) is 24.0 Å². The molecule has 2 aromatic rings. The maximum Gasteiger partial charge on any atom is 0.0654 e. The van der Waals surface area contributed by atoms with E-state index >= 15 is 0 Å². The number of halogens is 1. The molecular formula is C14H18BrN3. The lowest BCUT2D eigenvalue weighted by Crippen LogP contribution is -2.12. The van der Waals surface area contributed by atoms with Gasteiger partial charge < -0.3 is 5.32 Å². The van der Waals surface area contributed by atoms with Crippen LogP contribution in [0, 0.1) is 0 Å². The molecule has 3 nitrogen and oxygen atoms in total. The monoisotopic (exact) mass is 307 g/mol. The number of anilines is 1. The van der Waals surface area contributed by atoms with Gasteiger partial charge in [0, 0.05) is 23.4 Å². The van der Waals surface area contributed by atoms with E-state index in [0.717, 1.165) is 10.9 Å². The number of rotatable bonds is 4. The minimum atomic E-state index is 0.240. The standard InChI is InChI=1S/C14H18BrN3/c1-4-11-9-12(15)5-6-13(11)17-10(2)14-7-8-16-18(14)3/h5-10,17H,4H2,1-3H3. The fourth-order valence-electron chi connectivity index (χ4n) is 2.11. The number of hydrogen-bond donors (Lipinski definition) is 1. The van der Waals surface area contributed by atoms with Crippen molar-refractivity contribution in [1.82, 2.24) is 9.78 Å². The molecule has 1 aromatic heterocycles. The molecule has 1 atom stereocenters. The van der Waals surface area contributed by atoms with Crippen molar-refractivity contribution >= 4 is 21.6 Å². The first kappa shape index (κ1) is 13.1. The molecule has 1 N–H and O–H groups in total. The molecule has 0 saturated carbocycles. The first-order valence-electron chi connectivity index (χ1n) is 6.14. The van der Waals surface area contributed by atoms with Gasteiger partial charge in [-0.1, -0.05) is 22.9 Å². The second-order valence-corrected chi connectivity index (χ2v) is 5.32. The van der Waals surface area contributed by atoms with Gasteiger partial charge in [-0.15, -0.1) is 0 Å². The molecule has 0 fully saturated rings. The second-order valence-electron chi connectivity index (χ2n) is 4.40. The molecule has 1 unspecified atom stereocenters. The molecule has 18 heavy (non-hydrogen) atoms. The Morgan fingerprint density at radius 1 is 1.39 bits per heavy atom. The van der Waals surface area contributed by atoms with E-state index in [2.05, 4.69) is 58.4 Å². The van der Waals surface area contributed by atoms with Crippen molar-refractivity contribution in [3.8, 4) is 0 Å². The van der Waals surface area contributed by atoms with E-state index in [4.69, 9.17) is 0 Å². The van der Waals surface area contributed by atoms with Crippen LogP contribution in [0.4, 0.5) is 5.69 Å². The van der Waals surface area contributed by atoms with Crippen molar-refractivity contribution in [2.24, 2.45) is 7.05 Å². The SMILES string of the molecule is CCc1cc(Br)ccc1NC(C)c1ccnn1C. The van der Waals surface area contributed by atoms with Gasteiger partial charge in [0.05, 0.1) is 11.7 Å². The Kier molecular flexibility index (Phi) is 4.07. The summed E-state index contributed by atoms with van der Waals surface area (Å²) in [6, 6.07) is 8.64.